The molecule has 1 amide bonds. The Balaban J connectivity index is 2.21. The Morgan fingerprint density at radius 3 is 2.90 bits per heavy atom. The van der Waals surface area contributed by atoms with Crippen molar-refractivity contribution in [2.24, 2.45) is 5.73 Å². The van der Waals surface area contributed by atoms with E-state index in [1.807, 2.05) is 31.2 Å². The lowest BCUT2D eigenvalue weighted by atomic mass is 9.84. The molecule has 1 saturated heterocycles. The Bertz CT molecular complexity index is 473. The van der Waals surface area contributed by atoms with Crippen LogP contribution in [0, 0.1) is 6.92 Å². The minimum absolute atomic E-state index is 0.109. The molecule has 0 radical (unpaired) electrons. The fraction of sp³-hybridized carbons (Fsp3) is 0.562. The second kappa shape index (κ2) is 6.27. The average molecular weight is 276 g/mol. The lowest BCUT2D eigenvalue weighted by Gasteiger charge is -2.40. The number of para-hydroxylation sites is 1. The molecule has 1 aliphatic heterocycles. The zero-order valence-corrected chi connectivity index (χ0v) is 12.3. The summed E-state index contributed by atoms with van der Waals surface area (Å²) >= 11 is 0. The van der Waals surface area contributed by atoms with Crippen molar-refractivity contribution in [3.63, 3.8) is 0 Å². The first-order valence-corrected chi connectivity index (χ1v) is 7.33. The van der Waals surface area contributed by atoms with Crippen LogP contribution in [0.5, 0.6) is 0 Å². The van der Waals surface area contributed by atoms with E-state index in [2.05, 4.69) is 12.2 Å². The zero-order chi connectivity index (χ0) is 14.6. The Labute approximate surface area is 120 Å². The molecule has 20 heavy (non-hydrogen) atoms. The molecule has 0 spiro atoms. The van der Waals surface area contributed by atoms with Gasteiger partial charge in [-0.1, -0.05) is 31.5 Å². The average Bonchev–Trinajstić information content (AvgIpc) is 2.42. The third-order valence-corrected chi connectivity index (χ3v) is 4.06. The maximum Gasteiger partial charge on any atom is 0.243 e. The topological polar surface area (TPSA) is 64.3 Å². The van der Waals surface area contributed by atoms with Crippen molar-refractivity contribution >= 4 is 11.6 Å². The number of benzene rings is 1. The molecule has 1 fully saturated rings. The number of hydrogen-bond acceptors (Lipinski definition) is 3. The number of primary amides is 1. The molecule has 2 atom stereocenters. The highest BCUT2D eigenvalue weighted by atomic mass is 16.5. The molecule has 0 aliphatic carbocycles. The van der Waals surface area contributed by atoms with E-state index in [0.717, 1.165) is 24.1 Å². The van der Waals surface area contributed by atoms with E-state index >= 15 is 0 Å². The van der Waals surface area contributed by atoms with Gasteiger partial charge >= 0.3 is 0 Å². The van der Waals surface area contributed by atoms with E-state index in [9.17, 15) is 4.79 Å². The van der Waals surface area contributed by atoms with Gasteiger partial charge < -0.3 is 15.8 Å². The van der Waals surface area contributed by atoms with E-state index in [4.69, 9.17) is 10.5 Å². The van der Waals surface area contributed by atoms with Gasteiger partial charge in [0.05, 0.1) is 6.10 Å². The summed E-state index contributed by atoms with van der Waals surface area (Å²) in [5.41, 5.74) is 7.10. The quantitative estimate of drug-likeness (QED) is 0.869. The molecule has 1 aromatic carbocycles. The second-order valence-electron chi connectivity index (χ2n) is 5.62. The number of carbonyl (C=O) groups is 1. The summed E-state index contributed by atoms with van der Waals surface area (Å²) in [6, 6.07) is 7.97. The van der Waals surface area contributed by atoms with Crippen LogP contribution in [0.2, 0.25) is 0 Å². The van der Waals surface area contributed by atoms with Gasteiger partial charge in [-0.3, -0.25) is 4.79 Å². The van der Waals surface area contributed by atoms with E-state index in [1.54, 1.807) is 0 Å². The lowest BCUT2D eigenvalue weighted by Crippen LogP contribution is -2.56. The smallest absolute Gasteiger partial charge is 0.243 e. The van der Waals surface area contributed by atoms with Crippen LogP contribution in [0.3, 0.4) is 0 Å². The Kier molecular flexibility index (Phi) is 4.65. The molecule has 3 N–H and O–H groups in total. The molecule has 110 valence electrons. The normalized spacial score (nSPS) is 26.2. The number of rotatable bonds is 5. The number of anilines is 1. The van der Waals surface area contributed by atoms with E-state index < -0.39 is 5.54 Å². The van der Waals surface area contributed by atoms with Gasteiger partial charge in [-0.15, -0.1) is 0 Å². The van der Waals surface area contributed by atoms with Gasteiger partial charge in [0.1, 0.15) is 5.54 Å². The summed E-state index contributed by atoms with van der Waals surface area (Å²) < 4.78 is 5.74. The zero-order valence-electron chi connectivity index (χ0n) is 12.3. The van der Waals surface area contributed by atoms with Crippen molar-refractivity contribution in [3.8, 4) is 0 Å². The van der Waals surface area contributed by atoms with Gasteiger partial charge in [0.25, 0.3) is 0 Å². The molecule has 4 heteroatoms. The lowest BCUT2D eigenvalue weighted by molar-refractivity contribution is -0.127. The number of nitrogens with two attached hydrogens (primary N) is 1. The van der Waals surface area contributed by atoms with Gasteiger partial charge in [-0.2, -0.15) is 0 Å². The summed E-state index contributed by atoms with van der Waals surface area (Å²) in [7, 11) is 0. The van der Waals surface area contributed by atoms with Gasteiger partial charge in [0, 0.05) is 25.1 Å². The summed E-state index contributed by atoms with van der Waals surface area (Å²) in [4.78, 5) is 12.0. The largest absolute Gasteiger partial charge is 0.378 e. The first-order chi connectivity index (χ1) is 9.57. The molecule has 0 bridgehead atoms. The third-order valence-electron chi connectivity index (χ3n) is 4.06. The number of carbonyl (C=O) groups excluding carboxylic acids is 1. The number of hydrogen-bond donors (Lipinski definition) is 2. The maximum absolute atomic E-state index is 12.0. The standard InChI is InChI=1S/C16H24N2O2/c1-3-6-13-11-16(15(17)19,9-10-20-13)18-14-8-5-4-7-12(14)2/h4-5,7-8,13,18H,3,6,9-11H2,1-2H3,(H2,17,19). The summed E-state index contributed by atoms with van der Waals surface area (Å²) in [6.07, 6.45) is 3.38. The van der Waals surface area contributed by atoms with Gasteiger partial charge in [-0.05, 0) is 25.0 Å². The fourth-order valence-electron chi connectivity index (χ4n) is 2.83. The van der Waals surface area contributed by atoms with Crippen LogP contribution in [0.25, 0.3) is 0 Å². The molecule has 2 unspecified atom stereocenters. The molecule has 0 saturated carbocycles. The van der Waals surface area contributed by atoms with Crippen LogP contribution >= 0.6 is 0 Å². The number of nitrogens with one attached hydrogen (secondary N) is 1. The van der Waals surface area contributed by atoms with Crippen molar-refractivity contribution in [1.29, 1.82) is 0 Å². The Hall–Kier alpha value is -1.55. The summed E-state index contributed by atoms with van der Waals surface area (Å²) in [6.45, 7) is 4.73. The molecule has 1 heterocycles. The Morgan fingerprint density at radius 1 is 1.50 bits per heavy atom. The molecule has 1 aliphatic rings. The number of aryl methyl sites for hydroxylation is 1. The van der Waals surface area contributed by atoms with E-state index in [0.29, 0.717) is 19.4 Å². The molecule has 1 aromatic rings. The van der Waals surface area contributed by atoms with Crippen LogP contribution in [0.1, 0.15) is 38.2 Å². The van der Waals surface area contributed by atoms with Gasteiger partial charge in [0.15, 0.2) is 0 Å². The minimum Gasteiger partial charge on any atom is -0.378 e. The molecular weight excluding hydrogens is 252 g/mol. The van der Waals surface area contributed by atoms with E-state index in [1.165, 1.54) is 0 Å². The summed E-state index contributed by atoms with van der Waals surface area (Å²) in [5.74, 6) is -0.287. The van der Waals surface area contributed by atoms with Crippen molar-refractivity contribution in [1.82, 2.24) is 0 Å². The molecular formula is C16H24N2O2. The third kappa shape index (κ3) is 3.12. The van der Waals surface area contributed by atoms with Crippen molar-refractivity contribution in [2.45, 2.75) is 51.2 Å². The van der Waals surface area contributed by atoms with Crippen molar-refractivity contribution in [2.75, 3.05) is 11.9 Å². The van der Waals surface area contributed by atoms with Crippen molar-refractivity contribution in [3.05, 3.63) is 29.8 Å². The fourth-order valence-corrected chi connectivity index (χ4v) is 2.83. The Morgan fingerprint density at radius 2 is 2.25 bits per heavy atom. The first-order valence-electron chi connectivity index (χ1n) is 7.33. The van der Waals surface area contributed by atoms with Crippen molar-refractivity contribution < 1.29 is 9.53 Å². The van der Waals surface area contributed by atoms with Crippen LogP contribution < -0.4 is 11.1 Å². The molecule has 2 rings (SSSR count). The SMILES string of the molecule is CCCC1CC(Nc2ccccc2C)(C(N)=O)CCO1. The van der Waals surface area contributed by atoms with Gasteiger partial charge in [0.2, 0.25) is 5.91 Å². The van der Waals surface area contributed by atoms with Crippen LogP contribution in [-0.2, 0) is 9.53 Å². The monoisotopic (exact) mass is 276 g/mol. The van der Waals surface area contributed by atoms with Crippen LogP contribution in [-0.4, -0.2) is 24.2 Å². The predicted octanol–water partition coefficient (Wildman–Crippen LogP) is 2.61. The second-order valence-corrected chi connectivity index (χ2v) is 5.62. The highest BCUT2D eigenvalue weighted by Crippen LogP contribution is 2.31. The van der Waals surface area contributed by atoms with Crippen LogP contribution in [0.15, 0.2) is 24.3 Å². The van der Waals surface area contributed by atoms with E-state index in [-0.39, 0.29) is 12.0 Å². The highest BCUT2D eigenvalue weighted by molar-refractivity contribution is 5.88. The van der Waals surface area contributed by atoms with Crippen LogP contribution in [0.4, 0.5) is 5.69 Å². The first kappa shape index (κ1) is 14.9. The molecule has 0 aromatic heterocycles. The summed E-state index contributed by atoms with van der Waals surface area (Å²) in [5, 5.41) is 3.40. The van der Waals surface area contributed by atoms with Gasteiger partial charge in [-0.25, -0.2) is 0 Å². The maximum atomic E-state index is 12.0. The molecule has 4 nitrogen and oxygen atoms in total. The predicted molar refractivity (Wildman–Crippen MR) is 80.6 cm³/mol. The number of ether oxygens (including phenoxy) is 1. The minimum atomic E-state index is -0.690. The highest BCUT2D eigenvalue weighted by Gasteiger charge is 2.42. The number of amides is 1.